The topological polar surface area (TPSA) is 69.4 Å². The molecule has 1 N–H and O–H groups in total. The van der Waals surface area contributed by atoms with Crippen LogP contribution >= 0.6 is 0 Å². The van der Waals surface area contributed by atoms with Gasteiger partial charge in [-0.05, 0) is 13.3 Å². The molecule has 0 radical (unpaired) electrons. The van der Waals surface area contributed by atoms with Gasteiger partial charge in [0.05, 0.1) is 5.60 Å². The first-order valence-corrected chi connectivity index (χ1v) is 5.87. The third-order valence-electron chi connectivity index (χ3n) is 2.97. The van der Waals surface area contributed by atoms with E-state index in [2.05, 4.69) is 22.4 Å². The molecule has 0 amide bonds. The number of methoxy groups -OCH3 is 1. The summed E-state index contributed by atoms with van der Waals surface area (Å²) in [5.74, 6) is 1.09. The first-order chi connectivity index (χ1) is 8.17. The summed E-state index contributed by atoms with van der Waals surface area (Å²) in [4.78, 5) is 4.27. The molecule has 1 unspecified atom stereocenters. The molecule has 1 atom stereocenters. The maximum atomic E-state index is 5.71. The van der Waals surface area contributed by atoms with Crippen molar-refractivity contribution in [3.63, 3.8) is 0 Å². The molecule has 1 fully saturated rings. The van der Waals surface area contributed by atoms with Crippen LogP contribution in [0.5, 0.6) is 0 Å². The average molecular weight is 241 g/mol. The van der Waals surface area contributed by atoms with Gasteiger partial charge in [-0.3, -0.25) is 0 Å². The number of ether oxygens (including phenoxy) is 2. The van der Waals surface area contributed by atoms with Crippen molar-refractivity contribution in [3.05, 3.63) is 11.7 Å². The monoisotopic (exact) mass is 241 g/mol. The fourth-order valence-corrected chi connectivity index (χ4v) is 1.73. The lowest BCUT2D eigenvalue weighted by atomic mass is 10.0. The van der Waals surface area contributed by atoms with E-state index in [9.17, 15) is 0 Å². The van der Waals surface area contributed by atoms with Gasteiger partial charge in [-0.1, -0.05) is 12.1 Å². The highest BCUT2D eigenvalue weighted by atomic mass is 16.5. The van der Waals surface area contributed by atoms with Crippen molar-refractivity contribution < 1.29 is 14.0 Å². The third kappa shape index (κ3) is 2.83. The first-order valence-electron chi connectivity index (χ1n) is 5.87. The van der Waals surface area contributed by atoms with Crippen LogP contribution in [0.2, 0.25) is 0 Å². The quantitative estimate of drug-likeness (QED) is 0.802. The standard InChI is InChI=1S/C11H19N3O3/c1-4-8(15-3)10-13-9(17-14-10)5-16-11(2)6-12-7-11/h8,12H,4-7H2,1-3H3. The maximum absolute atomic E-state index is 5.71. The van der Waals surface area contributed by atoms with Gasteiger partial charge in [-0.25, -0.2) is 0 Å². The highest BCUT2D eigenvalue weighted by Gasteiger charge is 2.33. The number of hydrogen-bond donors (Lipinski definition) is 1. The van der Waals surface area contributed by atoms with Crippen molar-refractivity contribution in [1.29, 1.82) is 0 Å². The molecule has 2 heterocycles. The van der Waals surface area contributed by atoms with Crippen LogP contribution in [0, 0.1) is 0 Å². The van der Waals surface area contributed by atoms with Crippen molar-refractivity contribution in [3.8, 4) is 0 Å². The van der Waals surface area contributed by atoms with Crippen LogP contribution in [-0.2, 0) is 16.1 Å². The number of aromatic nitrogens is 2. The molecule has 0 bridgehead atoms. The second-order valence-corrected chi connectivity index (χ2v) is 4.52. The van der Waals surface area contributed by atoms with Crippen LogP contribution in [0.25, 0.3) is 0 Å². The Morgan fingerprint density at radius 1 is 1.53 bits per heavy atom. The van der Waals surface area contributed by atoms with Crippen molar-refractivity contribution in [2.75, 3.05) is 20.2 Å². The van der Waals surface area contributed by atoms with Crippen LogP contribution in [-0.4, -0.2) is 35.9 Å². The lowest BCUT2D eigenvalue weighted by molar-refractivity contribution is -0.0841. The molecule has 0 saturated carbocycles. The third-order valence-corrected chi connectivity index (χ3v) is 2.97. The summed E-state index contributed by atoms with van der Waals surface area (Å²) in [6.45, 7) is 6.16. The molecule has 0 aromatic carbocycles. The van der Waals surface area contributed by atoms with Gasteiger partial charge in [0.25, 0.3) is 5.89 Å². The van der Waals surface area contributed by atoms with E-state index >= 15 is 0 Å². The largest absolute Gasteiger partial charge is 0.373 e. The minimum atomic E-state index is -0.103. The van der Waals surface area contributed by atoms with Crippen molar-refractivity contribution in [2.45, 2.75) is 38.6 Å². The molecule has 6 nitrogen and oxygen atoms in total. The lowest BCUT2D eigenvalue weighted by Gasteiger charge is -2.38. The zero-order valence-electron chi connectivity index (χ0n) is 10.5. The van der Waals surface area contributed by atoms with E-state index in [1.165, 1.54) is 0 Å². The summed E-state index contributed by atoms with van der Waals surface area (Å²) in [5, 5.41) is 7.06. The summed E-state index contributed by atoms with van der Waals surface area (Å²) < 4.78 is 16.1. The summed E-state index contributed by atoms with van der Waals surface area (Å²) in [5.41, 5.74) is -0.0972. The molecule has 1 aromatic rings. The van der Waals surface area contributed by atoms with Gasteiger partial charge < -0.3 is 19.3 Å². The average Bonchev–Trinajstić information content (AvgIpc) is 2.74. The fraction of sp³-hybridized carbons (Fsp3) is 0.818. The molecule has 2 rings (SSSR count). The van der Waals surface area contributed by atoms with Gasteiger partial charge in [0.15, 0.2) is 0 Å². The van der Waals surface area contributed by atoms with Crippen molar-refractivity contribution >= 4 is 0 Å². The summed E-state index contributed by atoms with van der Waals surface area (Å²) >= 11 is 0. The summed E-state index contributed by atoms with van der Waals surface area (Å²) in [6.07, 6.45) is 0.714. The minimum Gasteiger partial charge on any atom is -0.373 e. The zero-order valence-corrected chi connectivity index (χ0v) is 10.5. The Morgan fingerprint density at radius 2 is 2.29 bits per heavy atom. The summed E-state index contributed by atoms with van der Waals surface area (Å²) in [6, 6.07) is 0. The van der Waals surface area contributed by atoms with Gasteiger partial charge in [0.1, 0.15) is 12.7 Å². The van der Waals surface area contributed by atoms with Gasteiger partial charge in [-0.15, -0.1) is 0 Å². The Kier molecular flexibility index (Phi) is 3.76. The Labute approximate surface area is 101 Å². The van der Waals surface area contributed by atoms with E-state index in [1.807, 2.05) is 6.92 Å². The number of nitrogens with one attached hydrogen (secondary N) is 1. The van der Waals surface area contributed by atoms with Crippen LogP contribution in [0.4, 0.5) is 0 Å². The number of hydrogen-bond acceptors (Lipinski definition) is 6. The normalized spacial score (nSPS) is 19.9. The molecule has 6 heteroatoms. The van der Waals surface area contributed by atoms with Gasteiger partial charge in [-0.2, -0.15) is 4.98 Å². The molecular weight excluding hydrogens is 222 g/mol. The molecule has 0 spiro atoms. The zero-order chi connectivity index (χ0) is 12.3. The predicted molar refractivity (Wildman–Crippen MR) is 60.4 cm³/mol. The molecule has 1 aliphatic heterocycles. The van der Waals surface area contributed by atoms with E-state index in [0.717, 1.165) is 19.5 Å². The lowest BCUT2D eigenvalue weighted by Crippen LogP contribution is -2.58. The van der Waals surface area contributed by atoms with E-state index in [4.69, 9.17) is 14.0 Å². The molecule has 0 aliphatic carbocycles. The highest BCUT2D eigenvalue weighted by Crippen LogP contribution is 2.19. The van der Waals surface area contributed by atoms with Crippen LogP contribution < -0.4 is 5.32 Å². The predicted octanol–water partition coefficient (Wildman–Crippen LogP) is 1.05. The van der Waals surface area contributed by atoms with E-state index in [-0.39, 0.29) is 11.7 Å². The number of rotatable bonds is 6. The van der Waals surface area contributed by atoms with Crippen LogP contribution in [0.15, 0.2) is 4.52 Å². The minimum absolute atomic E-state index is 0.0972. The molecule has 1 saturated heterocycles. The molecule has 96 valence electrons. The Balaban J connectivity index is 1.89. The van der Waals surface area contributed by atoms with Crippen molar-refractivity contribution in [2.24, 2.45) is 0 Å². The van der Waals surface area contributed by atoms with E-state index in [1.54, 1.807) is 7.11 Å². The Morgan fingerprint density at radius 3 is 2.82 bits per heavy atom. The fourth-order valence-electron chi connectivity index (χ4n) is 1.73. The van der Waals surface area contributed by atoms with Gasteiger partial charge in [0.2, 0.25) is 5.82 Å². The Bertz CT molecular complexity index is 359. The Hall–Kier alpha value is -0.980. The van der Waals surface area contributed by atoms with Crippen LogP contribution in [0.3, 0.4) is 0 Å². The molecule has 1 aromatic heterocycles. The SMILES string of the molecule is CCC(OC)c1noc(COC2(C)CNC2)n1. The first kappa shape index (κ1) is 12.5. The number of nitrogens with zero attached hydrogens (tertiary/aromatic N) is 2. The molecule has 17 heavy (non-hydrogen) atoms. The van der Waals surface area contributed by atoms with E-state index < -0.39 is 0 Å². The van der Waals surface area contributed by atoms with E-state index in [0.29, 0.717) is 18.3 Å². The maximum Gasteiger partial charge on any atom is 0.252 e. The van der Waals surface area contributed by atoms with Gasteiger partial charge in [0, 0.05) is 20.2 Å². The van der Waals surface area contributed by atoms with Crippen LogP contribution in [0.1, 0.15) is 38.1 Å². The molecular formula is C11H19N3O3. The smallest absolute Gasteiger partial charge is 0.252 e. The second kappa shape index (κ2) is 5.12. The second-order valence-electron chi connectivity index (χ2n) is 4.52. The molecule has 1 aliphatic rings. The van der Waals surface area contributed by atoms with Crippen molar-refractivity contribution in [1.82, 2.24) is 15.5 Å². The highest BCUT2D eigenvalue weighted by molar-refractivity contribution is 4.93. The summed E-state index contributed by atoms with van der Waals surface area (Å²) in [7, 11) is 1.64. The van der Waals surface area contributed by atoms with Gasteiger partial charge >= 0.3 is 0 Å².